The van der Waals surface area contributed by atoms with Gasteiger partial charge < -0.3 is 4.79 Å². The van der Waals surface area contributed by atoms with Gasteiger partial charge in [0.1, 0.15) is 5.78 Å². The van der Waals surface area contributed by atoms with Crippen LogP contribution in [0.2, 0.25) is 0 Å². The van der Waals surface area contributed by atoms with Crippen molar-refractivity contribution < 1.29 is 4.79 Å². The summed E-state index contributed by atoms with van der Waals surface area (Å²) in [4.78, 5) is 9.81. The van der Waals surface area contributed by atoms with Crippen LogP contribution in [-0.2, 0) is 4.79 Å². The van der Waals surface area contributed by atoms with Gasteiger partial charge >= 0.3 is 19.8 Å². The van der Waals surface area contributed by atoms with Crippen LogP contribution in [0.3, 0.4) is 0 Å². The monoisotopic (exact) mass is 144 g/mol. The summed E-state index contributed by atoms with van der Waals surface area (Å²) in [5.41, 5.74) is 0. The summed E-state index contributed by atoms with van der Waals surface area (Å²) in [6.45, 7) is 3.43. The average Bonchev–Trinajstić information content (AvgIpc) is 1.38. The van der Waals surface area contributed by atoms with Crippen LogP contribution in [0.25, 0.3) is 0 Å². The average molecular weight is 145 g/mol. The quantitative estimate of drug-likeness (QED) is 0.467. The third-order valence-electron chi connectivity index (χ3n) is 0.498. The Morgan fingerprint density at radius 2 is 1.83 bits per heavy atom. The fourth-order valence-corrected chi connectivity index (χ4v) is 0. The summed E-state index contributed by atoms with van der Waals surface area (Å²) < 4.78 is 0. The molecule has 0 aromatic heterocycles. The predicted molar refractivity (Wildman–Crippen MR) is 30.9 cm³/mol. The Hall–Kier alpha value is 0.306. The van der Waals surface area contributed by atoms with Gasteiger partial charge in [-0.15, -0.1) is 0 Å². The Kier molecular flexibility index (Phi) is 8.47. The fourth-order valence-electron chi connectivity index (χ4n) is 0. The zero-order valence-electron chi connectivity index (χ0n) is 3.62. The van der Waals surface area contributed by atoms with Crippen molar-refractivity contribution in [2.24, 2.45) is 0 Å². The van der Waals surface area contributed by atoms with Gasteiger partial charge in [0.25, 0.3) is 0 Å². The van der Waals surface area contributed by atoms with E-state index >= 15 is 0 Å². The summed E-state index contributed by atoms with van der Waals surface area (Å²) in [6.07, 6.45) is 0.667. The van der Waals surface area contributed by atoms with E-state index in [0.29, 0.717) is 6.42 Å². The molecule has 0 fully saturated rings. The van der Waals surface area contributed by atoms with Crippen LogP contribution < -0.4 is 0 Å². The zero-order chi connectivity index (χ0) is 4.28. The first-order chi connectivity index (χ1) is 2.27. The molecule has 0 bridgehead atoms. The summed E-state index contributed by atoms with van der Waals surface area (Å²) in [5.74, 6) is 0.255. The Morgan fingerprint density at radius 3 is 1.83 bits per heavy atom. The minimum absolute atomic E-state index is 0. The first-order valence-electron chi connectivity index (χ1n) is 1.76. The van der Waals surface area contributed by atoms with Crippen LogP contribution in [0, 0.1) is 0 Å². The van der Waals surface area contributed by atoms with E-state index < -0.39 is 0 Å². The van der Waals surface area contributed by atoms with Gasteiger partial charge in [0.2, 0.25) is 0 Å². The molecule has 0 aliphatic heterocycles. The molecule has 0 rings (SSSR count). The van der Waals surface area contributed by atoms with E-state index in [1.165, 1.54) is 0 Å². The van der Waals surface area contributed by atoms with Crippen LogP contribution in [0.1, 0.15) is 20.3 Å². The second-order valence-corrected chi connectivity index (χ2v) is 1.06. The van der Waals surface area contributed by atoms with Gasteiger partial charge in [0.15, 0.2) is 0 Å². The van der Waals surface area contributed by atoms with Crippen molar-refractivity contribution in [2.45, 2.75) is 20.3 Å². The van der Waals surface area contributed by atoms with Crippen molar-refractivity contribution in [3.63, 3.8) is 0 Å². The molecule has 36 valence electrons. The molecule has 0 atom stereocenters. The van der Waals surface area contributed by atoms with Gasteiger partial charge in [0.05, 0.1) is 0 Å². The van der Waals surface area contributed by atoms with Gasteiger partial charge in [-0.25, -0.2) is 0 Å². The third-order valence-corrected chi connectivity index (χ3v) is 0.498. The topological polar surface area (TPSA) is 17.1 Å². The first-order valence-corrected chi connectivity index (χ1v) is 1.76. The van der Waals surface area contributed by atoms with E-state index in [1.54, 1.807) is 6.92 Å². The third kappa shape index (κ3) is 8.85. The molecule has 0 unspecified atom stereocenters. The van der Waals surface area contributed by atoms with Crippen LogP contribution in [0.4, 0.5) is 0 Å². The van der Waals surface area contributed by atoms with Gasteiger partial charge in [-0.2, -0.15) is 0 Å². The normalized spacial score (nSPS) is 6.33. The molecule has 0 spiro atoms. The van der Waals surface area contributed by atoms with Crippen molar-refractivity contribution in [1.29, 1.82) is 0 Å². The van der Waals surface area contributed by atoms with Crippen LogP contribution >= 0.6 is 0 Å². The fraction of sp³-hybridized carbons (Fsp3) is 0.750. The first kappa shape index (κ1) is 9.58. The minimum atomic E-state index is 0. The number of rotatable bonds is 1. The van der Waals surface area contributed by atoms with E-state index in [4.69, 9.17) is 0 Å². The molecule has 1 nitrogen and oxygen atoms in total. The van der Waals surface area contributed by atoms with E-state index in [0.717, 1.165) is 0 Å². The molecule has 0 aliphatic carbocycles. The molecule has 0 N–H and O–H groups in total. The van der Waals surface area contributed by atoms with Crippen LogP contribution in [0.5, 0.6) is 0 Å². The molecule has 0 aromatic carbocycles. The molecule has 6 heavy (non-hydrogen) atoms. The Balaban J connectivity index is 0. The van der Waals surface area contributed by atoms with E-state index in [1.807, 2.05) is 6.92 Å². The van der Waals surface area contributed by atoms with Gasteiger partial charge in [-0.05, 0) is 6.92 Å². The molecule has 0 heterocycles. The Bertz CT molecular complexity index is 42.8. The van der Waals surface area contributed by atoms with E-state index in [2.05, 4.69) is 0 Å². The second kappa shape index (κ2) is 5.31. The molecule has 0 aliphatic rings. The van der Waals surface area contributed by atoms with Gasteiger partial charge in [-0.1, -0.05) is 6.92 Å². The zero-order valence-corrected chi connectivity index (χ0v) is 3.62. The SMILES string of the molecule is CCC(C)=O.[GaH3]. The molecular formula is C4H11GaO. The molecule has 0 saturated heterocycles. The molecular weight excluding hydrogens is 134 g/mol. The molecule has 0 amide bonds. The standard InChI is InChI=1S/C4H8O.Ga.3H/c1-3-4(2)5;;;;/h3H2,1-2H3;;;;. The van der Waals surface area contributed by atoms with Crippen LogP contribution in [-0.4, -0.2) is 25.6 Å². The summed E-state index contributed by atoms with van der Waals surface area (Å²) in [6, 6.07) is 0. The molecule has 0 saturated carbocycles. The molecule has 2 heteroatoms. The van der Waals surface area contributed by atoms with Crippen molar-refractivity contribution in [3.05, 3.63) is 0 Å². The van der Waals surface area contributed by atoms with Crippen molar-refractivity contribution in [3.8, 4) is 0 Å². The predicted octanol–water partition coefficient (Wildman–Crippen LogP) is -0.198. The van der Waals surface area contributed by atoms with Crippen molar-refractivity contribution in [2.75, 3.05) is 0 Å². The number of Topliss-reactive ketones (excluding diaryl/α,β-unsaturated/α-hetero) is 1. The van der Waals surface area contributed by atoms with Gasteiger partial charge in [0, 0.05) is 6.42 Å². The number of hydrogen-bond donors (Lipinski definition) is 0. The Labute approximate surface area is 51.2 Å². The number of ketones is 1. The maximum atomic E-state index is 9.81. The van der Waals surface area contributed by atoms with E-state index in [9.17, 15) is 4.79 Å². The van der Waals surface area contributed by atoms with Crippen LogP contribution in [0.15, 0.2) is 0 Å². The van der Waals surface area contributed by atoms with E-state index in [-0.39, 0.29) is 25.6 Å². The number of carbonyl (C=O) groups is 1. The summed E-state index contributed by atoms with van der Waals surface area (Å²) >= 11 is 0. The molecule has 0 radical (unpaired) electrons. The van der Waals surface area contributed by atoms with Gasteiger partial charge in [-0.3, -0.25) is 0 Å². The van der Waals surface area contributed by atoms with Crippen molar-refractivity contribution >= 4 is 25.6 Å². The molecule has 0 aromatic rings. The Morgan fingerprint density at radius 1 is 1.67 bits per heavy atom. The number of hydrogen-bond acceptors (Lipinski definition) is 1. The second-order valence-electron chi connectivity index (χ2n) is 1.06. The summed E-state index contributed by atoms with van der Waals surface area (Å²) in [5, 5.41) is 0. The van der Waals surface area contributed by atoms with Crippen molar-refractivity contribution in [1.82, 2.24) is 0 Å². The maximum absolute atomic E-state index is 9.81. The number of carbonyl (C=O) groups excluding carboxylic acids is 1. The summed E-state index contributed by atoms with van der Waals surface area (Å²) in [7, 11) is 0.